The minimum absolute atomic E-state index is 0.510. The van der Waals surface area contributed by atoms with Crippen molar-refractivity contribution in [3.05, 3.63) is 22.9 Å². The highest BCUT2D eigenvalue weighted by molar-refractivity contribution is 5.79. The summed E-state index contributed by atoms with van der Waals surface area (Å²) in [6.07, 6.45) is 1.42. The molecule has 0 saturated heterocycles. The first-order chi connectivity index (χ1) is 7.62. The average molecular weight is 225 g/mol. The van der Waals surface area contributed by atoms with E-state index in [1.807, 2.05) is 0 Å². The van der Waals surface area contributed by atoms with Gasteiger partial charge in [-0.05, 0) is 12.1 Å². The molecule has 0 heterocycles. The van der Waals surface area contributed by atoms with Crippen LogP contribution in [-0.4, -0.2) is 39.3 Å². The Morgan fingerprint density at radius 3 is 1.88 bits per heavy atom. The molecular formula is C11H15NO4. The smallest absolute Gasteiger partial charge is 0.203 e. The van der Waals surface area contributed by atoms with Gasteiger partial charge >= 0.3 is 0 Å². The number of hydroxylamine groups is 1. The van der Waals surface area contributed by atoms with Gasteiger partial charge in [0, 0.05) is 5.56 Å². The molecule has 0 aromatic heterocycles. The largest absolute Gasteiger partial charge is 0.624 e. The quantitative estimate of drug-likeness (QED) is 0.335. The van der Waals surface area contributed by atoms with Gasteiger partial charge in [0.2, 0.25) is 5.75 Å². The first kappa shape index (κ1) is 12.2. The number of nitrogens with zero attached hydrogens (tertiary/aromatic N) is 1. The molecule has 1 aromatic carbocycles. The summed E-state index contributed by atoms with van der Waals surface area (Å²) in [6, 6.07) is 3.41. The highest BCUT2D eigenvalue weighted by atomic mass is 16.5. The lowest BCUT2D eigenvalue weighted by Crippen LogP contribution is -2.00. The average Bonchev–Trinajstić information content (AvgIpc) is 2.26. The highest BCUT2D eigenvalue weighted by Gasteiger charge is 2.13. The van der Waals surface area contributed by atoms with Crippen LogP contribution in [0.4, 0.5) is 0 Å². The fourth-order valence-corrected chi connectivity index (χ4v) is 1.39. The normalized spacial score (nSPS) is 11.1. The Kier molecular flexibility index (Phi) is 3.99. The Bertz CT molecular complexity index is 372. The van der Waals surface area contributed by atoms with Crippen molar-refractivity contribution in [2.75, 3.05) is 28.4 Å². The summed E-state index contributed by atoms with van der Waals surface area (Å²) < 4.78 is 16.2. The molecule has 1 aromatic rings. The molecule has 88 valence electrons. The van der Waals surface area contributed by atoms with Crippen LogP contribution in [0.1, 0.15) is 5.56 Å². The van der Waals surface area contributed by atoms with E-state index in [4.69, 9.17) is 14.2 Å². The van der Waals surface area contributed by atoms with E-state index >= 15 is 0 Å². The molecule has 0 spiro atoms. The highest BCUT2D eigenvalue weighted by Crippen LogP contribution is 2.37. The summed E-state index contributed by atoms with van der Waals surface area (Å²) in [5.41, 5.74) is 0.687. The first-order valence-corrected chi connectivity index (χ1v) is 4.67. The van der Waals surface area contributed by atoms with Gasteiger partial charge in [-0.2, -0.15) is 0 Å². The SMILES string of the molecule is COc1cc(/C=[N+](/C)[O-])cc(OC)c1OC. The van der Waals surface area contributed by atoms with E-state index in [2.05, 4.69) is 0 Å². The van der Waals surface area contributed by atoms with Crippen LogP contribution in [0.5, 0.6) is 17.2 Å². The lowest BCUT2D eigenvalue weighted by molar-refractivity contribution is -0.416. The molecule has 0 atom stereocenters. The second-order valence-electron chi connectivity index (χ2n) is 3.13. The summed E-state index contributed by atoms with van der Waals surface area (Å²) in [5, 5.41) is 10.9. The second kappa shape index (κ2) is 5.25. The topological polar surface area (TPSA) is 53.8 Å². The standard InChI is InChI=1S/C11H15NO4/c1-12(13)7-8-5-9(14-2)11(16-4)10(6-8)15-3/h5-7H,1-4H3/b12-7-. The molecule has 1 rings (SSSR count). The van der Waals surface area contributed by atoms with E-state index in [-0.39, 0.29) is 0 Å². The van der Waals surface area contributed by atoms with Crippen LogP contribution >= 0.6 is 0 Å². The lowest BCUT2D eigenvalue weighted by atomic mass is 10.2. The summed E-state index contributed by atoms with van der Waals surface area (Å²) in [7, 11) is 6.00. The monoisotopic (exact) mass is 225 g/mol. The van der Waals surface area contributed by atoms with E-state index in [0.717, 1.165) is 0 Å². The molecule has 0 aliphatic rings. The molecule has 0 unspecified atom stereocenters. The van der Waals surface area contributed by atoms with Crippen LogP contribution in [0.15, 0.2) is 12.1 Å². The summed E-state index contributed by atoms with van der Waals surface area (Å²) >= 11 is 0. The molecule has 0 amide bonds. The van der Waals surface area contributed by atoms with Crippen LogP contribution in [0.3, 0.4) is 0 Å². The van der Waals surface area contributed by atoms with Crippen molar-refractivity contribution in [2.45, 2.75) is 0 Å². The van der Waals surface area contributed by atoms with Gasteiger partial charge in [0.15, 0.2) is 17.7 Å². The minimum Gasteiger partial charge on any atom is -0.624 e. The Labute approximate surface area is 94.5 Å². The second-order valence-corrected chi connectivity index (χ2v) is 3.13. The number of rotatable bonds is 4. The van der Waals surface area contributed by atoms with E-state index in [9.17, 15) is 5.21 Å². The zero-order chi connectivity index (χ0) is 12.1. The van der Waals surface area contributed by atoms with Gasteiger partial charge in [-0.25, -0.2) is 4.74 Å². The Balaban J connectivity index is 3.31. The van der Waals surface area contributed by atoms with Crippen molar-refractivity contribution >= 4 is 6.21 Å². The Morgan fingerprint density at radius 2 is 1.56 bits per heavy atom. The van der Waals surface area contributed by atoms with Crippen molar-refractivity contribution in [3.8, 4) is 17.2 Å². The molecule has 16 heavy (non-hydrogen) atoms. The van der Waals surface area contributed by atoms with Crippen molar-refractivity contribution in [3.63, 3.8) is 0 Å². The zero-order valence-corrected chi connectivity index (χ0v) is 9.81. The van der Waals surface area contributed by atoms with Gasteiger partial charge in [-0.1, -0.05) is 0 Å². The molecule has 0 N–H and O–H groups in total. The van der Waals surface area contributed by atoms with Gasteiger partial charge in [0.25, 0.3) is 0 Å². The van der Waals surface area contributed by atoms with Crippen molar-refractivity contribution in [1.82, 2.24) is 0 Å². The van der Waals surface area contributed by atoms with Crippen LogP contribution in [0, 0.1) is 5.21 Å². The van der Waals surface area contributed by atoms with Crippen LogP contribution in [0.2, 0.25) is 0 Å². The van der Waals surface area contributed by atoms with Crippen molar-refractivity contribution in [2.24, 2.45) is 0 Å². The maximum Gasteiger partial charge on any atom is 0.203 e. The number of methoxy groups -OCH3 is 3. The molecular weight excluding hydrogens is 210 g/mol. The number of ether oxygens (including phenoxy) is 3. The Hall–Kier alpha value is -1.91. The predicted octanol–water partition coefficient (Wildman–Crippen LogP) is 1.27. The van der Waals surface area contributed by atoms with Crippen LogP contribution in [-0.2, 0) is 0 Å². The fourth-order valence-electron chi connectivity index (χ4n) is 1.39. The first-order valence-electron chi connectivity index (χ1n) is 4.67. The molecule has 0 radical (unpaired) electrons. The predicted molar refractivity (Wildman–Crippen MR) is 60.8 cm³/mol. The number of benzene rings is 1. The van der Waals surface area contributed by atoms with Crippen molar-refractivity contribution < 1.29 is 18.9 Å². The van der Waals surface area contributed by atoms with Crippen molar-refractivity contribution in [1.29, 1.82) is 0 Å². The third-order valence-corrected chi connectivity index (χ3v) is 2.02. The lowest BCUT2D eigenvalue weighted by Gasteiger charge is -2.12. The molecule has 0 bridgehead atoms. The third kappa shape index (κ3) is 2.56. The Morgan fingerprint density at radius 1 is 1.06 bits per heavy atom. The van der Waals surface area contributed by atoms with Crippen LogP contribution < -0.4 is 14.2 Å². The van der Waals surface area contributed by atoms with Gasteiger partial charge in [-0.3, -0.25) is 0 Å². The van der Waals surface area contributed by atoms with Gasteiger partial charge < -0.3 is 19.4 Å². The van der Waals surface area contributed by atoms with E-state index in [1.54, 1.807) is 12.1 Å². The summed E-state index contributed by atoms with van der Waals surface area (Å²) in [6.45, 7) is 0. The fraction of sp³-hybridized carbons (Fsp3) is 0.364. The third-order valence-electron chi connectivity index (χ3n) is 2.02. The molecule has 0 fully saturated rings. The summed E-state index contributed by atoms with van der Waals surface area (Å²) in [5.74, 6) is 1.56. The van der Waals surface area contributed by atoms with Gasteiger partial charge in [0.05, 0.1) is 21.3 Å². The van der Waals surface area contributed by atoms with Gasteiger partial charge in [0.1, 0.15) is 7.05 Å². The molecule has 0 aliphatic carbocycles. The molecule has 0 saturated carbocycles. The summed E-state index contributed by atoms with van der Waals surface area (Å²) in [4.78, 5) is 0. The van der Waals surface area contributed by atoms with Gasteiger partial charge in [-0.15, -0.1) is 0 Å². The molecule has 0 aliphatic heterocycles. The maximum atomic E-state index is 10.9. The zero-order valence-electron chi connectivity index (χ0n) is 9.81. The molecule has 5 heteroatoms. The van der Waals surface area contributed by atoms with E-state index in [1.165, 1.54) is 34.6 Å². The number of hydrogen-bond acceptors (Lipinski definition) is 4. The minimum atomic E-state index is 0.510. The van der Waals surface area contributed by atoms with E-state index < -0.39 is 0 Å². The van der Waals surface area contributed by atoms with E-state index in [0.29, 0.717) is 27.6 Å². The number of hydrogen-bond donors (Lipinski definition) is 0. The molecule has 5 nitrogen and oxygen atoms in total. The maximum absolute atomic E-state index is 10.9. The van der Waals surface area contributed by atoms with Crippen LogP contribution in [0.25, 0.3) is 0 Å².